The van der Waals surface area contributed by atoms with E-state index in [9.17, 15) is 9.59 Å². The Morgan fingerprint density at radius 3 is 2.04 bits per heavy atom. The molecule has 0 unspecified atom stereocenters. The van der Waals surface area contributed by atoms with E-state index in [0.29, 0.717) is 18.5 Å². The lowest BCUT2D eigenvalue weighted by Gasteiger charge is -2.55. The maximum Gasteiger partial charge on any atom is 0.329 e. The lowest BCUT2D eigenvalue weighted by Crippen LogP contribution is -2.69. The Hall–Kier alpha value is -1.92. The Bertz CT molecular complexity index is 651. The number of piperidine rings is 1. The summed E-state index contributed by atoms with van der Waals surface area (Å²) >= 11 is 0. The van der Waals surface area contributed by atoms with Gasteiger partial charge in [-0.2, -0.15) is 5.06 Å². The molecule has 3 amide bonds. The number of urea groups is 1. The molecule has 0 radical (unpaired) electrons. The molecule has 24 heavy (non-hydrogen) atoms. The third kappa shape index (κ3) is 2.41. The molecule has 0 aromatic heterocycles. The summed E-state index contributed by atoms with van der Waals surface area (Å²) in [7, 11) is 1.65. The fraction of sp³-hybridized carbons (Fsp3) is 0.556. The van der Waals surface area contributed by atoms with E-state index in [1.165, 1.54) is 4.90 Å². The van der Waals surface area contributed by atoms with Crippen LogP contribution in [0.4, 0.5) is 10.5 Å². The molecule has 3 rings (SSSR count). The maximum atomic E-state index is 13.2. The number of nitrogens with one attached hydrogen (secondary N) is 1. The third-order valence-electron chi connectivity index (χ3n) is 4.93. The molecule has 1 N–H and O–H groups in total. The Balaban J connectivity index is 2.00. The zero-order chi connectivity index (χ0) is 17.8. The Kier molecular flexibility index (Phi) is 3.73. The number of hydroxylamine groups is 2. The SMILES string of the molecule is CON1C(C)(C)CC2(CC1(C)C)NC(=O)N(c1ccccc1)C2=O. The predicted molar refractivity (Wildman–Crippen MR) is 91.4 cm³/mol. The summed E-state index contributed by atoms with van der Waals surface area (Å²) in [6, 6.07) is 8.70. The summed E-state index contributed by atoms with van der Waals surface area (Å²) in [5, 5.41) is 4.91. The number of para-hydroxylation sites is 1. The molecule has 0 aliphatic carbocycles. The molecule has 2 aliphatic rings. The van der Waals surface area contributed by atoms with Crippen LogP contribution >= 0.6 is 0 Å². The maximum absolute atomic E-state index is 13.2. The van der Waals surface area contributed by atoms with E-state index in [-0.39, 0.29) is 11.9 Å². The standard InChI is InChI=1S/C18H25N3O3/c1-16(2)11-18(12-17(3,4)21(16)24-5)14(22)20(15(23)19-18)13-9-7-6-8-10-13/h6-10H,11-12H2,1-5H3,(H,19,23). The highest BCUT2D eigenvalue weighted by Gasteiger charge is 2.61. The summed E-state index contributed by atoms with van der Waals surface area (Å²) in [6.45, 7) is 8.13. The summed E-state index contributed by atoms with van der Waals surface area (Å²) in [6.07, 6.45) is 0.982. The summed E-state index contributed by atoms with van der Waals surface area (Å²) in [5.41, 5.74) is -1.10. The molecule has 2 heterocycles. The van der Waals surface area contributed by atoms with Crippen LogP contribution in [0, 0.1) is 0 Å². The minimum absolute atomic E-state index is 0.185. The molecular formula is C18H25N3O3. The quantitative estimate of drug-likeness (QED) is 0.847. The fourth-order valence-corrected chi connectivity index (χ4v) is 4.67. The molecule has 0 bridgehead atoms. The molecule has 6 heteroatoms. The van der Waals surface area contributed by atoms with E-state index >= 15 is 0 Å². The predicted octanol–water partition coefficient (Wildman–Crippen LogP) is 2.70. The van der Waals surface area contributed by atoms with Gasteiger partial charge in [0.2, 0.25) is 0 Å². The average Bonchev–Trinajstić information content (AvgIpc) is 2.67. The van der Waals surface area contributed by atoms with E-state index in [1.807, 2.05) is 51.0 Å². The van der Waals surface area contributed by atoms with Crippen molar-refractivity contribution >= 4 is 17.6 Å². The lowest BCUT2D eigenvalue weighted by molar-refractivity contribution is -0.272. The summed E-state index contributed by atoms with van der Waals surface area (Å²) in [4.78, 5) is 32.7. The number of rotatable bonds is 2. The van der Waals surface area contributed by atoms with Crippen molar-refractivity contribution in [1.82, 2.24) is 10.4 Å². The highest BCUT2D eigenvalue weighted by atomic mass is 16.7. The smallest absolute Gasteiger partial charge is 0.323 e. The molecule has 1 aromatic carbocycles. The monoisotopic (exact) mass is 331 g/mol. The molecule has 0 saturated carbocycles. The number of hydrogen-bond acceptors (Lipinski definition) is 4. The van der Waals surface area contributed by atoms with Crippen LogP contribution in [0.25, 0.3) is 0 Å². The van der Waals surface area contributed by atoms with Crippen molar-refractivity contribution in [2.45, 2.75) is 57.2 Å². The first kappa shape index (κ1) is 16.9. The van der Waals surface area contributed by atoms with Gasteiger partial charge in [-0.25, -0.2) is 9.69 Å². The van der Waals surface area contributed by atoms with E-state index in [0.717, 1.165) is 0 Å². The molecule has 1 aromatic rings. The Labute approximate surface area is 142 Å². The Morgan fingerprint density at radius 1 is 1.00 bits per heavy atom. The van der Waals surface area contributed by atoms with Gasteiger partial charge in [-0.05, 0) is 52.7 Å². The second-order valence-electron chi connectivity index (χ2n) is 7.94. The number of carbonyl (C=O) groups excluding carboxylic acids is 2. The third-order valence-corrected chi connectivity index (χ3v) is 4.93. The van der Waals surface area contributed by atoms with Gasteiger partial charge < -0.3 is 10.2 Å². The first-order valence-corrected chi connectivity index (χ1v) is 8.19. The van der Waals surface area contributed by atoms with Crippen molar-refractivity contribution in [3.8, 4) is 0 Å². The molecule has 2 aliphatic heterocycles. The topological polar surface area (TPSA) is 61.9 Å². The van der Waals surface area contributed by atoms with Gasteiger partial charge in [0.25, 0.3) is 5.91 Å². The van der Waals surface area contributed by atoms with Crippen molar-refractivity contribution in [1.29, 1.82) is 0 Å². The lowest BCUT2D eigenvalue weighted by atomic mass is 9.70. The van der Waals surface area contributed by atoms with Gasteiger partial charge in [-0.1, -0.05) is 18.2 Å². The highest BCUT2D eigenvalue weighted by molar-refractivity contribution is 6.23. The number of carbonyl (C=O) groups is 2. The van der Waals surface area contributed by atoms with Crippen LogP contribution in [-0.4, -0.2) is 40.7 Å². The first-order valence-electron chi connectivity index (χ1n) is 8.19. The normalized spacial score (nSPS) is 25.1. The first-order chi connectivity index (χ1) is 11.1. The number of benzene rings is 1. The van der Waals surface area contributed by atoms with Crippen LogP contribution in [-0.2, 0) is 9.63 Å². The van der Waals surface area contributed by atoms with E-state index in [4.69, 9.17) is 4.84 Å². The van der Waals surface area contributed by atoms with Gasteiger partial charge in [0.05, 0.1) is 12.8 Å². The van der Waals surface area contributed by atoms with Crippen LogP contribution in [0.5, 0.6) is 0 Å². The number of amides is 3. The molecular weight excluding hydrogens is 306 g/mol. The second kappa shape index (κ2) is 5.29. The van der Waals surface area contributed by atoms with Gasteiger partial charge in [0, 0.05) is 11.1 Å². The molecule has 0 atom stereocenters. The Morgan fingerprint density at radius 2 is 1.54 bits per heavy atom. The van der Waals surface area contributed by atoms with Crippen LogP contribution in [0.1, 0.15) is 40.5 Å². The number of anilines is 1. The van der Waals surface area contributed by atoms with Crippen LogP contribution in [0.15, 0.2) is 30.3 Å². The minimum atomic E-state index is -0.908. The second-order valence-corrected chi connectivity index (χ2v) is 7.94. The largest absolute Gasteiger partial charge is 0.329 e. The zero-order valence-electron chi connectivity index (χ0n) is 14.9. The van der Waals surface area contributed by atoms with Crippen LogP contribution in [0.2, 0.25) is 0 Å². The van der Waals surface area contributed by atoms with Crippen molar-refractivity contribution < 1.29 is 14.4 Å². The van der Waals surface area contributed by atoms with Crippen molar-refractivity contribution in [2.75, 3.05) is 12.0 Å². The molecule has 2 saturated heterocycles. The van der Waals surface area contributed by atoms with Crippen molar-refractivity contribution in [3.63, 3.8) is 0 Å². The van der Waals surface area contributed by atoms with Gasteiger partial charge in [-0.15, -0.1) is 0 Å². The van der Waals surface area contributed by atoms with Crippen molar-refractivity contribution in [2.24, 2.45) is 0 Å². The minimum Gasteiger partial charge on any atom is -0.323 e. The van der Waals surface area contributed by atoms with Gasteiger partial charge in [0.1, 0.15) is 5.54 Å². The zero-order valence-corrected chi connectivity index (χ0v) is 14.9. The average molecular weight is 331 g/mol. The van der Waals surface area contributed by atoms with E-state index in [2.05, 4.69) is 5.32 Å². The van der Waals surface area contributed by atoms with E-state index < -0.39 is 16.6 Å². The molecule has 1 spiro atoms. The fourth-order valence-electron chi connectivity index (χ4n) is 4.67. The van der Waals surface area contributed by atoms with E-state index in [1.54, 1.807) is 19.2 Å². The highest BCUT2D eigenvalue weighted by Crippen LogP contribution is 2.46. The van der Waals surface area contributed by atoms with Gasteiger partial charge in [-0.3, -0.25) is 4.79 Å². The molecule has 2 fully saturated rings. The van der Waals surface area contributed by atoms with Crippen molar-refractivity contribution in [3.05, 3.63) is 30.3 Å². The molecule has 130 valence electrons. The van der Waals surface area contributed by atoms with Gasteiger partial charge >= 0.3 is 6.03 Å². The number of hydrogen-bond donors (Lipinski definition) is 1. The van der Waals surface area contributed by atoms with Gasteiger partial charge in [0.15, 0.2) is 0 Å². The number of imide groups is 1. The van der Waals surface area contributed by atoms with Crippen LogP contribution in [0.3, 0.4) is 0 Å². The van der Waals surface area contributed by atoms with Crippen LogP contribution < -0.4 is 10.2 Å². The molecule has 6 nitrogen and oxygen atoms in total. The summed E-state index contributed by atoms with van der Waals surface area (Å²) in [5.74, 6) is -0.185. The summed E-state index contributed by atoms with van der Waals surface area (Å²) < 4.78 is 0. The number of nitrogens with zero attached hydrogens (tertiary/aromatic N) is 2.